The van der Waals surface area contributed by atoms with Gasteiger partial charge in [0.15, 0.2) is 0 Å². The Labute approximate surface area is 176 Å². The van der Waals surface area contributed by atoms with Crippen LogP contribution in [0, 0.1) is 17.2 Å². The first-order chi connectivity index (χ1) is 14.5. The molecule has 2 amide bonds. The number of imide groups is 1. The molecule has 30 heavy (non-hydrogen) atoms. The quantitative estimate of drug-likeness (QED) is 0.627. The number of hydrogen-bond donors (Lipinski definition) is 3. The van der Waals surface area contributed by atoms with Gasteiger partial charge < -0.3 is 20.4 Å². The maximum Gasteiger partial charge on any atom is 0.249 e. The van der Waals surface area contributed by atoms with Gasteiger partial charge in [0, 0.05) is 50.2 Å². The molecule has 5 rings (SSSR count). The first-order valence-corrected chi connectivity index (χ1v) is 11.1. The molecule has 0 aliphatic carbocycles. The largest absolute Gasteiger partial charge is 0.374 e. The highest BCUT2D eigenvalue weighted by Crippen LogP contribution is 2.43. The van der Waals surface area contributed by atoms with E-state index in [9.17, 15) is 14.0 Å². The average molecular weight is 416 g/mol. The molecule has 4 fully saturated rings. The van der Waals surface area contributed by atoms with Crippen molar-refractivity contribution in [1.82, 2.24) is 15.5 Å². The highest BCUT2D eigenvalue weighted by molar-refractivity contribution is 6.01. The van der Waals surface area contributed by atoms with Crippen LogP contribution < -0.4 is 20.9 Å². The third kappa shape index (κ3) is 3.90. The van der Waals surface area contributed by atoms with Crippen molar-refractivity contribution in [3.63, 3.8) is 0 Å². The predicted octanol–water partition coefficient (Wildman–Crippen LogP) is 1.16. The van der Waals surface area contributed by atoms with Gasteiger partial charge in [-0.25, -0.2) is 4.39 Å². The minimum atomic E-state index is -0.499. The average Bonchev–Trinajstić information content (AvgIpc) is 2.66. The molecule has 162 valence electrons. The number of amides is 2. The van der Waals surface area contributed by atoms with Crippen LogP contribution in [0.3, 0.4) is 0 Å². The van der Waals surface area contributed by atoms with Crippen molar-refractivity contribution in [3.05, 3.63) is 24.0 Å². The SMILES string of the molecule is O=C1CCC(Nc2ccc(N3CC4(CN(CC5CCNCC5)C4)C3)c(F)c2)C(=O)N1. The zero-order chi connectivity index (χ0) is 20.7. The van der Waals surface area contributed by atoms with Gasteiger partial charge in [0.25, 0.3) is 0 Å². The lowest BCUT2D eigenvalue weighted by atomic mass is 9.72. The number of nitrogens with one attached hydrogen (secondary N) is 3. The molecule has 4 aliphatic rings. The van der Waals surface area contributed by atoms with Gasteiger partial charge in [-0.3, -0.25) is 14.9 Å². The summed E-state index contributed by atoms with van der Waals surface area (Å²) in [6.45, 7) is 7.57. The standard InChI is InChI=1S/C22H30FN5O2/c23-17-9-16(25-18-2-4-20(29)26-21(18)30)1-3-19(17)28-13-22(14-28)11-27(12-22)10-15-5-7-24-8-6-15/h1,3,9,15,18,24-25H,2,4-8,10-14H2,(H,26,29,30). The van der Waals surface area contributed by atoms with Crippen molar-refractivity contribution in [3.8, 4) is 0 Å². The van der Waals surface area contributed by atoms with Crippen molar-refractivity contribution < 1.29 is 14.0 Å². The molecular formula is C22H30FN5O2. The monoisotopic (exact) mass is 415 g/mol. The minimum Gasteiger partial charge on any atom is -0.374 e. The highest BCUT2D eigenvalue weighted by atomic mass is 19.1. The number of rotatable bonds is 5. The van der Waals surface area contributed by atoms with Crippen LogP contribution in [0.4, 0.5) is 15.8 Å². The third-order valence-corrected chi connectivity index (χ3v) is 7.01. The number of piperidine rings is 2. The zero-order valence-electron chi connectivity index (χ0n) is 17.3. The normalized spacial score (nSPS) is 26.8. The summed E-state index contributed by atoms with van der Waals surface area (Å²) in [5, 5.41) is 8.78. The summed E-state index contributed by atoms with van der Waals surface area (Å²) >= 11 is 0. The summed E-state index contributed by atoms with van der Waals surface area (Å²) < 4.78 is 14.7. The van der Waals surface area contributed by atoms with E-state index in [0.717, 1.165) is 45.2 Å². The van der Waals surface area contributed by atoms with Crippen LogP contribution in [0.1, 0.15) is 25.7 Å². The molecule has 0 radical (unpaired) electrons. The lowest BCUT2D eigenvalue weighted by molar-refractivity contribution is -0.133. The summed E-state index contributed by atoms with van der Waals surface area (Å²) in [5.41, 5.74) is 1.53. The van der Waals surface area contributed by atoms with Gasteiger partial charge in [-0.15, -0.1) is 0 Å². The number of halogens is 1. The Kier molecular flexibility index (Phi) is 5.14. The summed E-state index contributed by atoms with van der Waals surface area (Å²) in [6.07, 6.45) is 3.28. The molecular weight excluding hydrogens is 385 g/mol. The van der Waals surface area contributed by atoms with Crippen LogP contribution in [0.5, 0.6) is 0 Å². The van der Waals surface area contributed by atoms with Gasteiger partial charge in [-0.05, 0) is 56.5 Å². The lowest BCUT2D eigenvalue weighted by Crippen LogP contribution is -2.72. The topological polar surface area (TPSA) is 76.7 Å². The second-order valence-electron chi connectivity index (χ2n) is 9.53. The number of nitrogens with zero attached hydrogens (tertiary/aromatic N) is 2. The van der Waals surface area contributed by atoms with Gasteiger partial charge in [0.2, 0.25) is 11.8 Å². The van der Waals surface area contributed by atoms with E-state index in [1.54, 1.807) is 6.07 Å². The Bertz CT molecular complexity index is 827. The number of benzene rings is 1. The first-order valence-electron chi connectivity index (χ1n) is 11.1. The highest BCUT2D eigenvalue weighted by Gasteiger charge is 2.52. The molecule has 1 aromatic rings. The van der Waals surface area contributed by atoms with E-state index in [2.05, 4.69) is 25.8 Å². The Morgan fingerprint density at radius 1 is 1.10 bits per heavy atom. The van der Waals surface area contributed by atoms with Gasteiger partial charge in [0.05, 0.1) is 5.69 Å². The number of carbonyl (C=O) groups is 2. The molecule has 0 aromatic heterocycles. The van der Waals surface area contributed by atoms with Gasteiger partial charge in [-0.1, -0.05) is 0 Å². The van der Waals surface area contributed by atoms with Gasteiger partial charge >= 0.3 is 0 Å². The van der Waals surface area contributed by atoms with E-state index in [-0.39, 0.29) is 17.6 Å². The minimum absolute atomic E-state index is 0.253. The predicted molar refractivity (Wildman–Crippen MR) is 113 cm³/mol. The molecule has 1 atom stereocenters. The van der Waals surface area contributed by atoms with Crippen molar-refractivity contribution in [2.45, 2.75) is 31.7 Å². The maximum atomic E-state index is 14.7. The Balaban J connectivity index is 1.12. The molecule has 0 bridgehead atoms. The fraction of sp³-hybridized carbons (Fsp3) is 0.636. The van der Waals surface area contributed by atoms with E-state index in [1.165, 1.54) is 25.5 Å². The van der Waals surface area contributed by atoms with E-state index in [0.29, 0.717) is 29.6 Å². The van der Waals surface area contributed by atoms with Crippen LogP contribution in [-0.2, 0) is 9.59 Å². The maximum absolute atomic E-state index is 14.7. The molecule has 1 aromatic carbocycles. The van der Waals surface area contributed by atoms with Gasteiger partial charge in [-0.2, -0.15) is 0 Å². The molecule has 8 heteroatoms. The van der Waals surface area contributed by atoms with E-state index in [4.69, 9.17) is 0 Å². The fourth-order valence-electron chi connectivity index (χ4n) is 5.48. The smallest absolute Gasteiger partial charge is 0.249 e. The van der Waals surface area contributed by atoms with Gasteiger partial charge in [0.1, 0.15) is 11.9 Å². The van der Waals surface area contributed by atoms with Crippen LogP contribution in [-0.4, -0.2) is 68.6 Å². The van der Waals surface area contributed by atoms with Crippen LogP contribution >= 0.6 is 0 Å². The Morgan fingerprint density at radius 3 is 2.57 bits per heavy atom. The van der Waals surface area contributed by atoms with Crippen molar-refractivity contribution in [1.29, 1.82) is 0 Å². The third-order valence-electron chi connectivity index (χ3n) is 7.01. The number of carbonyl (C=O) groups excluding carboxylic acids is 2. The summed E-state index contributed by atoms with van der Waals surface area (Å²) in [4.78, 5) is 27.8. The van der Waals surface area contributed by atoms with Crippen LogP contribution in [0.2, 0.25) is 0 Å². The van der Waals surface area contributed by atoms with Crippen molar-refractivity contribution >= 4 is 23.2 Å². The fourth-order valence-corrected chi connectivity index (χ4v) is 5.48. The van der Waals surface area contributed by atoms with Crippen molar-refractivity contribution in [2.75, 3.05) is 56.0 Å². The van der Waals surface area contributed by atoms with Crippen LogP contribution in [0.15, 0.2) is 18.2 Å². The molecule has 7 nitrogen and oxygen atoms in total. The lowest BCUT2D eigenvalue weighted by Gasteiger charge is -2.61. The molecule has 0 saturated carbocycles. The first kappa shape index (κ1) is 19.8. The summed E-state index contributed by atoms with van der Waals surface area (Å²) in [7, 11) is 0. The molecule has 1 spiro atoms. The number of anilines is 2. The van der Waals surface area contributed by atoms with E-state index in [1.807, 2.05) is 6.07 Å². The summed E-state index contributed by atoms with van der Waals surface area (Å²) in [5.74, 6) is -0.0503. The molecule has 1 unspecified atom stereocenters. The van der Waals surface area contributed by atoms with Crippen molar-refractivity contribution in [2.24, 2.45) is 11.3 Å². The molecule has 4 aliphatic heterocycles. The summed E-state index contributed by atoms with van der Waals surface area (Å²) in [6, 6.07) is 4.56. The Morgan fingerprint density at radius 2 is 1.87 bits per heavy atom. The van der Waals surface area contributed by atoms with E-state index < -0.39 is 6.04 Å². The second-order valence-corrected chi connectivity index (χ2v) is 9.53. The van der Waals surface area contributed by atoms with E-state index >= 15 is 0 Å². The number of likely N-dealkylation sites (tertiary alicyclic amines) is 1. The second kappa shape index (κ2) is 7.81. The van der Waals surface area contributed by atoms with Crippen LogP contribution in [0.25, 0.3) is 0 Å². The zero-order valence-corrected chi connectivity index (χ0v) is 17.3. The molecule has 3 N–H and O–H groups in total. The Hall–Kier alpha value is -2.19. The number of hydrogen-bond acceptors (Lipinski definition) is 6. The molecule has 4 heterocycles. The molecule has 4 saturated heterocycles.